The molecule has 2 aliphatic heterocycles. The molecule has 2 N–H and O–H groups in total. The maximum atomic E-state index is 10.2. The summed E-state index contributed by atoms with van der Waals surface area (Å²) in [6.45, 7) is 6.37. The molecule has 0 aromatic rings. The van der Waals surface area contributed by atoms with Crippen LogP contribution in [0.25, 0.3) is 0 Å². The molecule has 2 saturated heterocycles. The lowest BCUT2D eigenvalue weighted by molar-refractivity contribution is -0.208. The quantitative estimate of drug-likeness (QED) is 0.769. The lowest BCUT2D eigenvalue weighted by atomic mass is 9.76. The van der Waals surface area contributed by atoms with Crippen LogP contribution in [0.15, 0.2) is 0 Å². The van der Waals surface area contributed by atoms with Crippen molar-refractivity contribution in [3.63, 3.8) is 0 Å². The number of rotatable bonds is 4. The Bertz CT molecular complexity index is 361. The fourth-order valence-corrected chi connectivity index (χ4v) is 3.75. The first kappa shape index (κ1) is 15.7. The van der Waals surface area contributed by atoms with Gasteiger partial charge in [0.1, 0.15) is 6.10 Å². The van der Waals surface area contributed by atoms with E-state index in [0.29, 0.717) is 18.8 Å². The van der Waals surface area contributed by atoms with Gasteiger partial charge in [0.2, 0.25) is 0 Å². The third kappa shape index (κ3) is 3.59. The van der Waals surface area contributed by atoms with Crippen molar-refractivity contribution in [1.82, 2.24) is 0 Å². The molecule has 3 rings (SSSR count). The van der Waals surface area contributed by atoms with Crippen LogP contribution in [-0.4, -0.2) is 53.1 Å². The SMILES string of the molecule is CC(C)CC1OC1O[C@@H]1CC2C(O)CC(O)CC2O[C@@H]1C. The summed E-state index contributed by atoms with van der Waals surface area (Å²) in [6.07, 6.45) is 1.94. The monoisotopic (exact) mass is 300 g/mol. The zero-order valence-corrected chi connectivity index (χ0v) is 13.1. The summed E-state index contributed by atoms with van der Waals surface area (Å²) in [5.41, 5.74) is 0. The Morgan fingerprint density at radius 3 is 2.62 bits per heavy atom. The minimum atomic E-state index is -0.496. The molecular weight excluding hydrogens is 272 g/mol. The number of fused-ring (bicyclic) bond motifs is 1. The zero-order valence-electron chi connectivity index (χ0n) is 13.1. The Hall–Kier alpha value is -0.200. The van der Waals surface area contributed by atoms with Crippen LogP contribution >= 0.6 is 0 Å². The maximum Gasteiger partial charge on any atom is 0.184 e. The topological polar surface area (TPSA) is 71.5 Å². The second-order valence-electron chi connectivity index (χ2n) is 7.32. The third-order valence-corrected chi connectivity index (χ3v) is 4.96. The summed E-state index contributed by atoms with van der Waals surface area (Å²) < 4.78 is 17.6. The van der Waals surface area contributed by atoms with Crippen molar-refractivity contribution < 1.29 is 24.4 Å². The number of aliphatic hydroxyl groups is 2. The van der Waals surface area contributed by atoms with Gasteiger partial charge in [-0.3, -0.25) is 0 Å². The lowest BCUT2D eigenvalue weighted by Gasteiger charge is -2.45. The van der Waals surface area contributed by atoms with Gasteiger partial charge in [0.15, 0.2) is 6.29 Å². The van der Waals surface area contributed by atoms with Crippen molar-refractivity contribution in [3.8, 4) is 0 Å². The minimum absolute atomic E-state index is 0.0207. The lowest BCUT2D eigenvalue weighted by Crippen LogP contribution is -2.52. The highest BCUT2D eigenvalue weighted by Gasteiger charge is 2.48. The van der Waals surface area contributed by atoms with E-state index < -0.39 is 12.2 Å². The van der Waals surface area contributed by atoms with E-state index in [1.807, 2.05) is 6.92 Å². The van der Waals surface area contributed by atoms with Gasteiger partial charge in [0.05, 0.1) is 30.5 Å². The molecule has 21 heavy (non-hydrogen) atoms. The van der Waals surface area contributed by atoms with E-state index in [9.17, 15) is 10.2 Å². The maximum absolute atomic E-state index is 10.2. The molecule has 3 aliphatic rings. The van der Waals surface area contributed by atoms with Gasteiger partial charge in [-0.15, -0.1) is 0 Å². The van der Waals surface area contributed by atoms with E-state index in [0.717, 1.165) is 12.8 Å². The Morgan fingerprint density at radius 1 is 1.14 bits per heavy atom. The van der Waals surface area contributed by atoms with Crippen molar-refractivity contribution in [2.45, 2.75) is 89.4 Å². The standard InChI is InChI=1S/C16H28O5/c1-8(2)4-15-16(21-15)20-13-7-11-12(18)5-10(17)6-14(11)19-9(13)3/h8-18H,4-7H2,1-3H3/t9-,10?,11?,12?,13-,14?,15?,16?/m1/s1. The Morgan fingerprint density at radius 2 is 1.90 bits per heavy atom. The van der Waals surface area contributed by atoms with Crippen LogP contribution < -0.4 is 0 Å². The summed E-state index contributed by atoms with van der Waals surface area (Å²) in [6, 6.07) is 0. The predicted octanol–water partition coefficient (Wildman–Crippen LogP) is 1.45. The molecule has 5 nitrogen and oxygen atoms in total. The van der Waals surface area contributed by atoms with Gasteiger partial charge in [-0.2, -0.15) is 0 Å². The molecule has 0 spiro atoms. The first-order chi connectivity index (χ1) is 9.94. The molecule has 8 atom stereocenters. The zero-order chi connectivity index (χ0) is 15.1. The van der Waals surface area contributed by atoms with Gasteiger partial charge in [0.25, 0.3) is 0 Å². The summed E-state index contributed by atoms with van der Waals surface area (Å²) >= 11 is 0. The van der Waals surface area contributed by atoms with Gasteiger partial charge in [-0.1, -0.05) is 13.8 Å². The van der Waals surface area contributed by atoms with Crippen LogP contribution in [0.4, 0.5) is 0 Å². The number of hydrogen-bond acceptors (Lipinski definition) is 5. The number of ether oxygens (including phenoxy) is 3. The first-order valence-electron chi connectivity index (χ1n) is 8.26. The minimum Gasteiger partial charge on any atom is -0.393 e. The van der Waals surface area contributed by atoms with Gasteiger partial charge in [0, 0.05) is 5.92 Å². The van der Waals surface area contributed by atoms with E-state index in [1.54, 1.807) is 0 Å². The van der Waals surface area contributed by atoms with Crippen LogP contribution in [-0.2, 0) is 14.2 Å². The van der Waals surface area contributed by atoms with Crippen molar-refractivity contribution in [1.29, 1.82) is 0 Å². The summed E-state index contributed by atoms with van der Waals surface area (Å²) in [5, 5.41) is 19.9. The van der Waals surface area contributed by atoms with E-state index in [2.05, 4.69) is 13.8 Å². The Balaban J connectivity index is 1.53. The summed E-state index contributed by atoms with van der Waals surface area (Å²) in [7, 11) is 0. The Labute approximate surface area is 126 Å². The highest BCUT2D eigenvalue weighted by Crippen LogP contribution is 2.40. The van der Waals surface area contributed by atoms with Gasteiger partial charge in [-0.25, -0.2) is 0 Å². The van der Waals surface area contributed by atoms with Crippen molar-refractivity contribution in [3.05, 3.63) is 0 Å². The first-order valence-corrected chi connectivity index (χ1v) is 8.26. The molecule has 0 aromatic heterocycles. The van der Waals surface area contributed by atoms with Crippen molar-refractivity contribution in [2.75, 3.05) is 0 Å². The van der Waals surface area contributed by atoms with E-state index >= 15 is 0 Å². The van der Waals surface area contributed by atoms with Gasteiger partial charge >= 0.3 is 0 Å². The molecule has 122 valence electrons. The molecule has 5 heteroatoms. The van der Waals surface area contributed by atoms with Crippen LogP contribution in [0.3, 0.4) is 0 Å². The molecule has 2 heterocycles. The normalized spacial score (nSPS) is 50.0. The number of aliphatic hydroxyl groups excluding tert-OH is 2. The molecule has 1 saturated carbocycles. The molecule has 0 radical (unpaired) electrons. The van der Waals surface area contributed by atoms with Crippen LogP contribution in [0.1, 0.15) is 46.5 Å². The number of epoxide rings is 1. The van der Waals surface area contributed by atoms with Crippen LogP contribution in [0.2, 0.25) is 0 Å². The van der Waals surface area contributed by atoms with Crippen LogP contribution in [0, 0.1) is 11.8 Å². The van der Waals surface area contributed by atoms with Gasteiger partial charge < -0.3 is 24.4 Å². The van der Waals surface area contributed by atoms with Crippen molar-refractivity contribution in [2.24, 2.45) is 11.8 Å². The van der Waals surface area contributed by atoms with E-state index in [4.69, 9.17) is 14.2 Å². The fourth-order valence-electron chi connectivity index (χ4n) is 3.75. The second-order valence-corrected chi connectivity index (χ2v) is 7.32. The van der Waals surface area contributed by atoms with E-state index in [-0.39, 0.29) is 36.6 Å². The number of hydrogen-bond donors (Lipinski definition) is 2. The average Bonchev–Trinajstić information content (AvgIpc) is 3.08. The molecule has 0 bridgehead atoms. The van der Waals surface area contributed by atoms with Gasteiger partial charge in [-0.05, 0) is 38.5 Å². The van der Waals surface area contributed by atoms with Crippen LogP contribution in [0.5, 0.6) is 0 Å². The molecule has 6 unspecified atom stereocenters. The summed E-state index contributed by atoms with van der Waals surface area (Å²) in [5.74, 6) is 0.673. The largest absolute Gasteiger partial charge is 0.393 e. The highest BCUT2D eigenvalue weighted by atomic mass is 16.8. The Kier molecular flexibility index (Phi) is 4.58. The average molecular weight is 300 g/mol. The highest BCUT2D eigenvalue weighted by molar-refractivity contribution is 4.94. The smallest absolute Gasteiger partial charge is 0.184 e. The fraction of sp³-hybridized carbons (Fsp3) is 1.00. The molecule has 1 aliphatic carbocycles. The molecular formula is C16H28O5. The second kappa shape index (κ2) is 6.13. The predicted molar refractivity (Wildman–Crippen MR) is 76.7 cm³/mol. The summed E-state index contributed by atoms with van der Waals surface area (Å²) in [4.78, 5) is 0. The third-order valence-electron chi connectivity index (χ3n) is 4.96. The molecule has 3 fully saturated rings. The van der Waals surface area contributed by atoms with Crippen molar-refractivity contribution >= 4 is 0 Å². The molecule has 0 amide bonds. The van der Waals surface area contributed by atoms with E-state index in [1.165, 1.54) is 0 Å². The molecule has 0 aromatic carbocycles.